The first-order valence-electron chi connectivity index (χ1n) is 8.23. The molecule has 1 N–H and O–H groups in total. The second kappa shape index (κ2) is 6.96. The molecular weight excluding hydrogens is 336 g/mol. The molecular formula is C17H18N6O3. The van der Waals surface area contributed by atoms with Gasteiger partial charge in [0.2, 0.25) is 5.88 Å². The maximum Gasteiger partial charge on any atom is 0.274 e. The Labute approximate surface area is 149 Å². The van der Waals surface area contributed by atoms with Crippen molar-refractivity contribution in [3.8, 4) is 23.0 Å². The Morgan fingerprint density at radius 2 is 2.12 bits per heavy atom. The number of carbonyl (C=O) groups excluding carboxylic acids is 1. The normalized spacial score (nSPS) is 14.4. The summed E-state index contributed by atoms with van der Waals surface area (Å²) in [7, 11) is 1.56. The molecule has 0 aromatic carbocycles. The highest BCUT2D eigenvalue weighted by atomic mass is 16.5. The first kappa shape index (κ1) is 16.3. The van der Waals surface area contributed by atoms with E-state index in [0.717, 1.165) is 17.1 Å². The van der Waals surface area contributed by atoms with Crippen LogP contribution in [0.3, 0.4) is 0 Å². The molecule has 1 aliphatic rings. The van der Waals surface area contributed by atoms with Crippen LogP contribution < -0.4 is 4.74 Å². The van der Waals surface area contributed by atoms with Gasteiger partial charge in [0.25, 0.3) is 5.91 Å². The van der Waals surface area contributed by atoms with E-state index in [1.807, 2.05) is 12.1 Å². The van der Waals surface area contributed by atoms with Gasteiger partial charge in [0, 0.05) is 25.4 Å². The van der Waals surface area contributed by atoms with Gasteiger partial charge < -0.3 is 14.4 Å². The SMILES string of the molecule is COc1ccc(-n2nc(C(=O)N3CCOCC3)cc2-c2ccn[nH]2)cn1. The predicted molar refractivity (Wildman–Crippen MR) is 92.2 cm³/mol. The average molecular weight is 354 g/mol. The van der Waals surface area contributed by atoms with Gasteiger partial charge in [-0.05, 0) is 18.2 Å². The summed E-state index contributed by atoms with van der Waals surface area (Å²) in [5.74, 6) is 0.392. The summed E-state index contributed by atoms with van der Waals surface area (Å²) in [6, 6.07) is 7.17. The molecule has 1 aliphatic heterocycles. The van der Waals surface area contributed by atoms with Crippen molar-refractivity contribution in [1.82, 2.24) is 29.9 Å². The number of nitrogens with one attached hydrogen (secondary N) is 1. The van der Waals surface area contributed by atoms with Crippen LogP contribution in [0.4, 0.5) is 0 Å². The van der Waals surface area contributed by atoms with Gasteiger partial charge in [-0.3, -0.25) is 9.89 Å². The van der Waals surface area contributed by atoms with Crippen molar-refractivity contribution >= 4 is 5.91 Å². The van der Waals surface area contributed by atoms with Crippen LogP contribution in [-0.2, 0) is 4.74 Å². The molecule has 1 amide bonds. The number of methoxy groups -OCH3 is 1. The van der Waals surface area contributed by atoms with Gasteiger partial charge >= 0.3 is 0 Å². The van der Waals surface area contributed by atoms with Crippen LogP contribution in [0.15, 0.2) is 36.7 Å². The van der Waals surface area contributed by atoms with E-state index >= 15 is 0 Å². The fourth-order valence-corrected chi connectivity index (χ4v) is 2.82. The van der Waals surface area contributed by atoms with Crippen LogP contribution in [-0.4, -0.2) is 69.2 Å². The van der Waals surface area contributed by atoms with E-state index in [4.69, 9.17) is 9.47 Å². The van der Waals surface area contributed by atoms with E-state index in [1.165, 1.54) is 0 Å². The predicted octanol–water partition coefficient (Wildman–Crippen LogP) is 1.14. The third-order valence-electron chi connectivity index (χ3n) is 4.18. The Balaban J connectivity index is 1.74. The second-order valence-corrected chi connectivity index (χ2v) is 5.76. The third-order valence-corrected chi connectivity index (χ3v) is 4.18. The average Bonchev–Trinajstić information content (AvgIpc) is 3.38. The number of aromatic nitrogens is 5. The number of H-pyrrole nitrogens is 1. The topological polar surface area (TPSA) is 98.2 Å². The summed E-state index contributed by atoms with van der Waals surface area (Å²) in [6.45, 7) is 2.22. The molecule has 26 heavy (non-hydrogen) atoms. The van der Waals surface area contributed by atoms with Gasteiger partial charge in [-0.1, -0.05) is 0 Å². The van der Waals surface area contributed by atoms with Gasteiger partial charge in [-0.25, -0.2) is 9.67 Å². The van der Waals surface area contributed by atoms with E-state index in [9.17, 15) is 4.79 Å². The number of hydrogen-bond acceptors (Lipinski definition) is 6. The maximum absolute atomic E-state index is 12.8. The molecule has 3 aromatic heterocycles. The number of pyridine rings is 1. The van der Waals surface area contributed by atoms with Crippen LogP contribution >= 0.6 is 0 Å². The molecule has 134 valence electrons. The van der Waals surface area contributed by atoms with E-state index in [0.29, 0.717) is 37.9 Å². The van der Waals surface area contributed by atoms with Crippen LogP contribution in [0.1, 0.15) is 10.5 Å². The Morgan fingerprint density at radius 3 is 2.77 bits per heavy atom. The number of hydrogen-bond donors (Lipinski definition) is 1. The van der Waals surface area contributed by atoms with E-state index in [2.05, 4.69) is 20.3 Å². The molecule has 0 bridgehead atoms. The molecule has 9 heteroatoms. The smallest absolute Gasteiger partial charge is 0.274 e. The zero-order valence-corrected chi connectivity index (χ0v) is 14.3. The van der Waals surface area contributed by atoms with Crippen molar-refractivity contribution in [2.75, 3.05) is 33.4 Å². The summed E-state index contributed by atoms with van der Waals surface area (Å²) in [5, 5.41) is 11.4. The monoisotopic (exact) mass is 354 g/mol. The summed E-state index contributed by atoms with van der Waals surface area (Å²) in [5.41, 5.74) is 2.57. The van der Waals surface area contributed by atoms with Crippen molar-refractivity contribution in [2.45, 2.75) is 0 Å². The second-order valence-electron chi connectivity index (χ2n) is 5.76. The van der Waals surface area contributed by atoms with Crippen LogP contribution in [0.5, 0.6) is 5.88 Å². The Morgan fingerprint density at radius 1 is 1.27 bits per heavy atom. The van der Waals surface area contributed by atoms with Crippen molar-refractivity contribution in [2.24, 2.45) is 0 Å². The largest absolute Gasteiger partial charge is 0.481 e. The highest BCUT2D eigenvalue weighted by Crippen LogP contribution is 2.23. The number of carbonyl (C=O) groups is 1. The molecule has 4 heterocycles. The molecule has 0 unspecified atom stereocenters. The summed E-state index contributed by atoms with van der Waals surface area (Å²) < 4.78 is 12.1. The van der Waals surface area contributed by atoms with Crippen molar-refractivity contribution in [1.29, 1.82) is 0 Å². The lowest BCUT2D eigenvalue weighted by atomic mass is 10.2. The van der Waals surface area contributed by atoms with Gasteiger partial charge in [0.15, 0.2) is 5.69 Å². The third kappa shape index (κ3) is 3.04. The van der Waals surface area contributed by atoms with Crippen molar-refractivity contribution in [3.05, 3.63) is 42.4 Å². The van der Waals surface area contributed by atoms with Gasteiger partial charge in [0.1, 0.15) is 0 Å². The fourth-order valence-electron chi connectivity index (χ4n) is 2.82. The summed E-state index contributed by atoms with van der Waals surface area (Å²) in [4.78, 5) is 18.8. The number of morpholine rings is 1. The van der Waals surface area contributed by atoms with E-state index in [-0.39, 0.29) is 5.91 Å². The minimum atomic E-state index is -0.116. The molecule has 3 aromatic rings. The molecule has 0 aliphatic carbocycles. The zero-order valence-electron chi connectivity index (χ0n) is 14.3. The van der Waals surface area contributed by atoms with Crippen molar-refractivity contribution in [3.63, 3.8) is 0 Å². The Hall–Kier alpha value is -3.20. The first-order valence-corrected chi connectivity index (χ1v) is 8.23. The molecule has 0 atom stereocenters. The summed E-state index contributed by atoms with van der Waals surface area (Å²) in [6.07, 6.45) is 3.30. The quantitative estimate of drug-likeness (QED) is 0.754. The van der Waals surface area contributed by atoms with Gasteiger partial charge in [-0.15, -0.1) is 0 Å². The standard InChI is InChI=1S/C17H18N6O3/c1-25-16-3-2-12(11-18-16)23-15(13-4-5-19-20-13)10-14(21-23)17(24)22-6-8-26-9-7-22/h2-5,10-11H,6-9H2,1H3,(H,19,20). The number of ether oxygens (including phenoxy) is 2. The van der Waals surface area contributed by atoms with Gasteiger partial charge in [-0.2, -0.15) is 10.2 Å². The molecule has 4 rings (SSSR count). The molecule has 0 spiro atoms. The number of amides is 1. The lowest BCUT2D eigenvalue weighted by molar-refractivity contribution is 0.0298. The highest BCUT2D eigenvalue weighted by Gasteiger charge is 2.23. The number of aromatic amines is 1. The fraction of sp³-hybridized carbons (Fsp3) is 0.294. The molecule has 0 radical (unpaired) electrons. The van der Waals surface area contributed by atoms with Gasteiger partial charge in [0.05, 0.1) is 43.6 Å². The summed E-state index contributed by atoms with van der Waals surface area (Å²) >= 11 is 0. The zero-order chi connectivity index (χ0) is 17.9. The van der Waals surface area contributed by atoms with Crippen molar-refractivity contribution < 1.29 is 14.3 Å². The van der Waals surface area contributed by atoms with Crippen LogP contribution in [0.2, 0.25) is 0 Å². The minimum Gasteiger partial charge on any atom is -0.481 e. The molecule has 0 saturated carbocycles. The van der Waals surface area contributed by atoms with Crippen LogP contribution in [0.25, 0.3) is 17.1 Å². The minimum absolute atomic E-state index is 0.116. The number of rotatable bonds is 4. The van der Waals surface area contributed by atoms with Crippen LogP contribution in [0, 0.1) is 0 Å². The Kier molecular flexibility index (Phi) is 4.36. The van der Waals surface area contributed by atoms with E-state index < -0.39 is 0 Å². The highest BCUT2D eigenvalue weighted by molar-refractivity contribution is 5.93. The maximum atomic E-state index is 12.8. The lowest BCUT2D eigenvalue weighted by Crippen LogP contribution is -2.40. The molecule has 9 nitrogen and oxygen atoms in total. The first-order chi connectivity index (χ1) is 12.8. The molecule has 1 fully saturated rings. The lowest BCUT2D eigenvalue weighted by Gasteiger charge is -2.25. The number of nitrogens with zero attached hydrogens (tertiary/aromatic N) is 5. The van der Waals surface area contributed by atoms with E-state index in [1.54, 1.807) is 41.2 Å². The Bertz CT molecular complexity index is 882. The molecule has 1 saturated heterocycles.